The van der Waals surface area contributed by atoms with Crippen LogP contribution in [0.15, 0.2) is 94.5 Å². The third-order valence-corrected chi connectivity index (χ3v) is 4.50. The molecule has 0 amide bonds. The van der Waals surface area contributed by atoms with E-state index in [0.717, 1.165) is 11.1 Å². The number of nitrogens with zero attached hydrogens (tertiary/aromatic N) is 2. The average molecular weight is 342 g/mol. The van der Waals surface area contributed by atoms with Crippen molar-refractivity contribution in [3.05, 3.63) is 117 Å². The molecule has 4 aromatic rings. The van der Waals surface area contributed by atoms with E-state index in [4.69, 9.17) is 0 Å². The van der Waals surface area contributed by atoms with Gasteiger partial charge in [-0.05, 0) is 23.3 Å². The summed E-state index contributed by atoms with van der Waals surface area (Å²) in [5.74, 6) is 0. The Morgan fingerprint density at radius 3 is 1.69 bits per heavy atom. The summed E-state index contributed by atoms with van der Waals surface area (Å²) in [6.07, 6.45) is 0. The maximum Gasteiger partial charge on any atom is 0.332 e. The van der Waals surface area contributed by atoms with Crippen molar-refractivity contribution in [1.29, 1.82) is 0 Å². The van der Waals surface area contributed by atoms with E-state index < -0.39 is 0 Å². The summed E-state index contributed by atoms with van der Waals surface area (Å²) in [4.78, 5) is 26.0. The number of aromatic nitrogens is 2. The normalized spacial score (nSPS) is 10.9. The van der Waals surface area contributed by atoms with Gasteiger partial charge in [0.25, 0.3) is 5.56 Å². The molecule has 0 spiro atoms. The topological polar surface area (TPSA) is 44.0 Å². The summed E-state index contributed by atoms with van der Waals surface area (Å²) >= 11 is 0. The predicted octanol–water partition coefficient (Wildman–Crippen LogP) is 3.26. The standard InChI is InChI=1S/C22H18N2O2/c25-21-19-13-7-8-14-20(19)23(15-17-9-3-1-4-10-17)22(26)24(21)16-18-11-5-2-6-12-18/h1-14H,15-16H2. The Morgan fingerprint density at radius 1 is 0.577 bits per heavy atom. The van der Waals surface area contributed by atoms with Crippen LogP contribution in [0, 0.1) is 0 Å². The zero-order valence-electron chi connectivity index (χ0n) is 14.2. The molecule has 0 saturated carbocycles. The molecule has 4 nitrogen and oxygen atoms in total. The van der Waals surface area contributed by atoms with Gasteiger partial charge in [-0.3, -0.25) is 13.9 Å². The third-order valence-electron chi connectivity index (χ3n) is 4.50. The molecule has 1 aromatic heterocycles. The first-order valence-corrected chi connectivity index (χ1v) is 8.54. The molecule has 0 aliphatic carbocycles. The van der Waals surface area contributed by atoms with E-state index in [1.54, 1.807) is 10.6 Å². The minimum absolute atomic E-state index is 0.251. The first-order valence-electron chi connectivity index (χ1n) is 8.54. The van der Waals surface area contributed by atoms with Crippen LogP contribution in [0.25, 0.3) is 10.9 Å². The maximum absolute atomic E-state index is 13.1. The fourth-order valence-electron chi connectivity index (χ4n) is 3.20. The highest BCUT2D eigenvalue weighted by atomic mass is 16.2. The number of fused-ring (bicyclic) bond motifs is 1. The lowest BCUT2D eigenvalue weighted by Crippen LogP contribution is -2.40. The highest BCUT2D eigenvalue weighted by Crippen LogP contribution is 2.11. The van der Waals surface area contributed by atoms with Crippen molar-refractivity contribution in [3.8, 4) is 0 Å². The van der Waals surface area contributed by atoms with Crippen molar-refractivity contribution in [2.24, 2.45) is 0 Å². The average Bonchev–Trinajstić information content (AvgIpc) is 2.70. The Bertz CT molecular complexity index is 1160. The van der Waals surface area contributed by atoms with Crippen molar-refractivity contribution < 1.29 is 0 Å². The molecular weight excluding hydrogens is 324 g/mol. The predicted molar refractivity (Wildman–Crippen MR) is 104 cm³/mol. The third kappa shape index (κ3) is 2.97. The molecule has 0 fully saturated rings. The van der Waals surface area contributed by atoms with E-state index >= 15 is 0 Å². The van der Waals surface area contributed by atoms with Crippen LogP contribution in [-0.4, -0.2) is 9.13 Å². The molecule has 0 aliphatic rings. The summed E-state index contributed by atoms with van der Waals surface area (Å²) in [6.45, 7) is 0.688. The van der Waals surface area contributed by atoms with Crippen molar-refractivity contribution >= 4 is 10.9 Å². The molecule has 0 atom stereocenters. The number of hydrogen-bond acceptors (Lipinski definition) is 2. The van der Waals surface area contributed by atoms with Gasteiger partial charge in [0, 0.05) is 0 Å². The van der Waals surface area contributed by atoms with Gasteiger partial charge in [0.15, 0.2) is 0 Å². The molecule has 128 valence electrons. The molecule has 4 heteroatoms. The highest BCUT2D eigenvalue weighted by molar-refractivity contribution is 5.77. The molecule has 0 unspecified atom stereocenters. The fraction of sp³-hybridized carbons (Fsp3) is 0.0909. The second kappa shape index (κ2) is 6.84. The van der Waals surface area contributed by atoms with Crippen LogP contribution in [0.1, 0.15) is 11.1 Å². The largest absolute Gasteiger partial charge is 0.332 e. The molecule has 0 saturated heterocycles. The maximum atomic E-state index is 13.1. The van der Waals surface area contributed by atoms with E-state index in [0.29, 0.717) is 17.4 Å². The lowest BCUT2D eigenvalue weighted by Gasteiger charge is -2.14. The van der Waals surface area contributed by atoms with Crippen molar-refractivity contribution in [2.75, 3.05) is 0 Å². The van der Waals surface area contributed by atoms with Gasteiger partial charge in [-0.2, -0.15) is 0 Å². The van der Waals surface area contributed by atoms with Crippen LogP contribution >= 0.6 is 0 Å². The Hall–Kier alpha value is -3.40. The smallest absolute Gasteiger partial charge is 0.289 e. The van der Waals surface area contributed by atoms with E-state index in [9.17, 15) is 9.59 Å². The number of hydrogen-bond donors (Lipinski definition) is 0. The van der Waals surface area contributed by atoms with Crippen molar-refractivity contribution in [1.82, 2.24) is 9.13 Å². The zero-order chi connectivity index (χ0) is 17.9. The Morgan fingerprint density at radius 2 is 1.08 bits per heavy atom. The molecule has 0 N–H and O–H groups in total. The van der Waals surface area contributed by atoms with E-state index in [-0.39, 0.29) is 17.8 Å². The van der Waals surface area contributed by atoms with Crippen LogP contribution in [0.4, 0.5) is 0 Å². The number of rotatable bonds is 4. The lowest BCUT2D eigenvalue weighted by atomic mass is 10.2. The quantitative estimate of drug-likeness (QED) is 0.571. The second-order valence-electron chi connectivity index (χ2n) is 6.25. The van der Waals surface area contributed by atoms with Crippen LogP contribution in [0.5, 0.6) is 0 Å². The van der Waals surface area contributed by atoms with Gasteiger partial charge in [0.2, 0.25) is 0 Å². The van der Waals surface area contributed by atoms with Crippen LogP contribution in [0.2, 0.25) is 0 Å². The molecule has 0 radical (unpaired) electrons. The molecule has 4 rings (SSSR count). The highest BCUT2D eigenvalue weighted by Gasteiger charge is 2.13. The first kappa shape index (κ1) is 16.1. The Balaban J connectivity index is 1.92. The minimum atomic E-state index is -0.290. The monoisotopic (exact) mass is 342 g/mol. The van der Waals surface area contributed by atoms with Crippen LogP contribution in [-0.2, 0) is 13.1 Å². The number of benzene rings is 3. The molecule has 3 aromatic carbocycles. The molecule has 0 bridgehead atoms. The fourth-order valence-corrected chi connectivity index (χ4v) is 3.20. The Kier molecular flexibility index (Phi) is 4.23. The zero-order valence-corrected chi connectivity index (χ0v) is 14.2. The van der Waals surface area contributed by atoms with Crippen molar-refractivity contribution in [2.45, 2.75) is 13.1 Å². The van der Waals surface area contributed by atoms with E-state index in [1.165, 1.54) is 4.57 Å². The Labute approximate surface area is 150 Å². The number of para-hydroxylation sites is 1. The summed E-state index contributed by atoms with van der Waals surface area (Å²) in [7, 11) is 0. The summed E-state index contributed by atoms with van der Waals surface area (Å²) in [5, 5.41) is 0.555. The summed E-state index contributed by atoms with van der Waals surface area (Å²) in [5.41, 5.74) is 2.06. The van der Waals surface area contributed by atoms with Gasteiger partial charge >= 0.3 is 5.69 Å². The minimum Gasteiger partial charge on any atom is -0.289 e. The van der Waals surface area contributed by atoms with E-state index in [1.807, 2.05) is 78.9 Å². The molecular formula is C22H18N2O2. The molecule has 0 aliphatic heterocycles. The van der Waals surface area contributed by atoms with Gasteiger partial charge in [-0.15, -0.1) is 0 Å². The van der Waals surface area contributed by atoms with Gasteiger partial charge in [-0.25, -0.2) is 4.79 Å². The summed E-state index contributed by atoms with van der Waals surface area (Å²) in [6, 6.07) is 26.7. The molecule has 26 heavy (non-hydrogen) atoms. The van der Waals surface area contributed by atoms with Gasteiger partial charge < -0.3 is 0 Å². The van der Waals surface area contributed by atoms with Crippen LogP contribution in [0.3, 0.4) is 0 Å². The van der Waals surface area contributed by atoms with Crippen LogP contribution < -0.4 is 11.2 Å². The second-order valence-corrected chi connectivity index (χ2v) is 6.25. The van der Waals surface area contributed by atoms with Gasteiger partial charge in [0.1, 0.15) is 0 Å². The van der Waals surface area contributed by atoms with E-state index in [2.05, 4.69) is 0 Å². The van der Waals surface area contributed by atoms with Gasteiger partial charge in [-0.1, -0.05) is 72.8 Å². The van der Waals surface area contributed by atoms with Gasteiger partial charge in [0.05, 0.1) is 24.0 Å². The van der Waals surface area contributed by atoms with Crippen molar-refractivity contribution in [3.63, 3.8) is 0 Å². The SMILES string of the molecule is O=c1c2ccccc2n(Cc2ccccc2)c(=O)n1Cc1ccccc1. The summed E-state index contributed by atoms with van der Waals surface area (Å²) < 4.78 is 3.00. The first-order chi connectivity index (χ1) is 12.7. The molecule has 1 heterocycles. The lowest BCUT2D eigenvalue weighted by molar-refractivity contribution is 0.635.